The molecule has 0 aromatic carbocycles. The highest BCUT2D eigenvalue weighted by Gasteiger charge is 2.13. The van der Waals surface area contributed by atoms with Crippen molar-refractivity contribution in [2.75, 3.05) is 7.11 Å². The van der Waals surface area contributed by atoms with Crippen LogP contribution in [0.15, 0.2) is 12.7 Å². The Balaban J connectivity index is 3.65. The summed E-state index contributed by atoms with van der Waals surface area (Å²) in [7, 11) is 1.25. The minimum Gasteiger partial charge on any atom is -0.469 e. The second kappa shape index (κ2) is 5.74. The van der Waals surface area contributed by atoms with E-state index in [1.54, 1.807) is 0 Å². The average Bonchev–Trinajstić information content (AvgIpc) is 2.03. The zero-order chi connectivity index (χ0) is 9.56. The van der Waals surface area contributed by atoms with Crippen molar-refractivity contribution in [1.29, 1.82) is 0 Å². The Hall–Kier alpha value is -0.870. The van der Waals surface area contributed by atoms with Crippen molar-refractivity contribution in [2.24, 2.45) is 0 Å². The number of carbonyl (C=O) groups is 1. The van der Waals surface area contributed by atoms with Crippen LogP contribution in [0.1, 0.15) is 12.8 Å². The molecule has 0 aliphatic heterocycles. The third-order valence-corrected chi connectivity index (χ3v) is 1.42. The van der Waals surface area contributed by atoms with Crippen LogP contribution in [-0.4, -0.2) is 35.5 Å². The molecule has 70 valence electrons. The molecular weight excluding hydrogens is 160 g/mol. The molecule has 0 saturated heterocycles. The molecule has 0 aliphatic carbocycles. The zero-order valence-corrected chi connectivity index (χ0v) is 7.06. The fraction of sp³-hybridized carbons (Fsp3) is 0.625. The van der Waals surface area contributed by atoms with E-state index in [0.717, 1.165) is 0 Å². The maximum atomic E-state index is 10.6. The number of carbonyl (C=O) groups excluding carboxylic acids is 1. The van der Waals surface area contributed by atoms with Crippen molar-refractivity contribution in [3.8, 4) is 0 Å². The van der Waals surface area contributed by atoms with E-state index in [4.69, 9.17) is 10.2 Å². The number of hydrogen-bond donors (Lipinski definition) is 2. The molecule has 0 fully saturated rings. The molecule has 0 spiro atoms. The van der Waals surface area contributed by atoms with Gasteiger partial charge in [-0.1, -0.05) is 6.08 Å². The minimum absolute atomic E-state index is 0.0958. The average molecular weight is 174 g/mol. The van der Waals surface area contributed by atoms with Crippen LogP contribution in [0.5, 0.6) is 0 Å². The smallest absolute Gasteiger partial charge is 0.308 e. The van der Waals surface area contributed by atoms with Gasteiger partial charge in [0.15, 0.2) is 0 Å². The van der Waals surface area contributed by atoms with Gasteiger partial charge in [0.2, 0.25) is 0 Å². The summed E-state index contributed by atoms with van der Waals surface area (Å²) >= 11 is 0. The van der Waals surface area contributed by atoms with E-state index in [9.17, 15) is 4.79 Å². The first-order valence-electron chi connectivity index (χ1n) is 3.65. The van der Waals surface area contributed by atoms with Crippen molar-refractivity contribution in [2.45, 2.75) is 25.0 Å². The maximum absolute atomic E-state index is 10.6. The Labute approximate surface area is 71.5 Å². The summed E-state index contributed by atoms with van der Waals surface area (Å²) in [4.78, 5) is 10.6. The summed E-state index contributed by atoms with van der Waals surface area (Å²) in [6.07, 6.45) is -0.323. The number of aliphatic hydroxyl groups is 2. The van der Waals surface area contributed by atoms with Gasteiger partial charge >= 0.3 is 5.97 Å². The molecule has 4 heteroatoms. The quantitative estimate of drug-likeness (QED) is 0.449. The van der Waals surface area contributed by atoms with Gasteiger partial charge in [-0.15, -0.1) is 6.58 Å². The predicted octanol–water partition coefficient (Wildman–Crippen LogP) is -0.153. The molecule has 4 nitrogen and oxygen atoms in total. The molecule has 0 bridgehead atoms. The number of ether oxygens (including phenoxy) is 1. The summed E-state index contributed by atoms with van der Waals surface area (Å²) in [6, 6.07) is 0. The highest BCUT2D eigenvalue weighted by atomic mass is 16.5. The molecule has 0 rings (SSSR count). The topological polar surface area (TPSA) is 66.8 Å². The summed E-state index contributed by atoms with van der Waals surface area (Å²) in [5.41, 5.74) is 0. The van der Waals surface area contributed by atoms with Crippen LogP contribution in [0.4, 0.5) is 0 Å². The summed E-state index contributed by atoms with van der Waals surface area (Å²) in [5.74, 6) is -0.487. The molecule has 2 N–H and O–H groups in total. The van der Waals surface area contributed by atoms with Gasteiger partial charge in [-0.25, -0.2) is 0 Å². The fourth-order valence-electron chi connectivity index (χ4n) is 0.734. The van der Waals surface area contributed by atoms with Crippen LogP contribution >= 0.6 is 0 Å². The SMILES string of the molecule is C=CC(O)CC(O)CC(=O)OC. The molecule has 0 radical (unpaired) electrons. The van der Waals surface area contributed by atoms with Gasteiger partial charge in [0, 0.05) is 6.42 Å². The molecule has 12 heavy (non-hydrogen) atoms. The summed E-state index contributed by atoms with van der Waals surface area (Å²) in [6.45, 7) is 3.34. The lowest BCUT2D eigenvalue weighted by atomic mass is 10.1. The third kappa shape index (κ3) is 4.87. The first-order valence-corrected chi connectivity index (χ1v) is 3.65. The van der Waals surface area contributed by atoms with Gasteiger partial charge in [-0.05, 0) is 0 Å². The monoisotopic (exact) mass is 174 g/mol. The number of esters is 1. The van der Waals surface area contributed by atoms with Crippen LogP contribution < -0.4 is 0 Å². The molecule has 0 aromatic heterocycles. The Morgan fingerprint density at radius 2 is 2.25 bits per heavy atom. The van der Waals surface area contributed by atoms with E-state index in [2.05, 4.69) is 11.3 Å². The molecular formula is C8H14O4. The molecule has 0 heterocycles. The van der Waals surface area contributed by atoms with Crippen molar-refractivity contribution >= 4 is 5.97 Å². The van der Waals surface area contributed by atoms with Crippen molar-refractivity contribution in [3.63, 3.8) is 0 Å². The molecule has 2 atom stereocenters. The van der Waals surface area contributed by atoms with E-state index in [0.29, 0.717) is 0 Å². The summed E-state index contributed by atoms with van der Waals surface area (Å²) < 4.78 is 4.33. The van der Waals surface area contributed by atoms with Crippen molar-refractivity contribution in [3.05, 3.63) is 12.7 Å². The number of hydrogen-bond acceptors (Lipinski definition) is 4. The van der Waals surface area contributed by atoms with Crippen LogP contribution in [0.25, 0.3) is 0 Å². The Morgan fingerprint density at radius 3 is 2.67 bits per heavy atom. The third-order valence-electron chi connectivity index (χ3n) is 1.42. The Morgan fingerprint density at radius 1 is 1.67 bits per heavy atom. The highest BCUT2D eigenvalue weighted by molar-refractivity contribution is 5.69. The second-order valence-electron chi connectivity index (χ2n) is 2.47. The zero-order valence-electron chi connectivity index (χ0n) is 7.06. The van der Waals surface area contributed by atoms with E-state index in [1.807, 2.05) is 0 Å². The van der Waals surface area contributed by atoms with Crippen LogP contribution in [0, 0.1) is 0 Å². The molecule has 0 amide bonds. The molecule has 0 saturated carbocycles. The Kier molecular flexibility index (Phi) is 5.32. The van der Waals surface area contributed by atoms with Crippen molar-refractivity contribution in [1.82, 2.24) is 0 Å². The van der Waals surface area contributed by atoms with Gasteiger partial charge in [0.25, 0.3) is 0 Å². The fourth-order valence-corrected chi connectivity index (χ4v) is 0.734. The van der Waals surface area contributed by atoms with Crippen LogP contribution in [-0.2, 0) is 9.53 Å². The van der Waals surface area contributed by atoms with Crippen LogP contribution in [0.3, 0.4) is 0 Å². The van der Waals surface area contributed by atoms with Crippen LogP contribution in [0.2, 0.25) is 0 Å². The highest BCUT2D eigenvalue weighted by Crippen LogP contribution is 2.03. The largest absolute Gasteiger partial charge is 0.469 e. The standard InChI is InChI=1S/C8H14O4/c1-3-6(9)4-7(10)5-8(11)12-2/h3,6-7,9-10H,1,4-5H2,2H3. The lowest BCUT2D eigenvalue weighted by Gasteiger charge is -2.10. The predicted molar refractivity (Wildman–Crippen MR) is 43.5 cm³/mol. The van der Waals surface area contributed by atoms with Gasteiger partial charge in [-0.2, -0.15) is 0 Å². The number of methoxy groups -OCH3 is 1. The van der Waals surface area contributed by atoms with Gasteiger partial charge in [-0.3, -0.25) is 4.79 Å². The lowest BCUT2D eigenvalue weighted by molar-refractivity contribution is -0.143. The van der Waals surface area contributed by atoms with E-state index in [-0.39, 0.29) is 12.8 Å². The summed E-state index contributed by atoms with van der Waals surface area (Å²) in [5, 5.41) is 18.1. The Bertz CT molecular complexity index is 155. The number of aliphatic hydroxyl groups excluding tert-OH is 2. The van der Waals surface area contributed by atoms with E-state index >= 15 is 0 Å². The second-order valence-corrected chi connectivity index (χ2v) is 2.47. The van der Waals surface area contributed by atoms with Crippen molar-refractivity contribution < 1.29 is 19.7 Å². The molecule has 0 aromatic rings. The molecule has 0 aliphatic rings. The lowest BCUT2D eigenvalue weighted by Crippen LogP contribution is -2.19. The van der Waals surface area contributed by atoms with Gasteiger partial charge in [0.05, 0.1) is 25.7 Å². The minimum atomic E-state index is -0.870. The van der Waals surface area contributed by atoms with E-state index in [1.165, 1.54) is 13.2 Å². The molecule has 2 unspecified atom stereocenters. The maximum Gasteiger partial charge on any atom is 0.308 e. The first kappa shape index (κ1) is 11.1. The first-order chi connectivity index (χ1) is 5.60. The van der Waals surface area contributed by atoms with Gasteiger partial charge in [0.1, 0.15) is 0 Å². The number of rotatable bonds is 5. The normalized spacial score (nSPS) is 14.9. The van der Waals surface area contributed by atoms with E-state index < -0.39 is 18.2 Å². The van der Waals surface area contributed by atoms with Gasteiger partial charge < -0.3 is 14.9 Å².